The van der Waals surface area contributed by atoms with Gasteiger partial charge < -0.3 is 15.4 Å². The van der Waals surface area contributed by atoms with Crippen molar-refractivity contribution in [3.8, 4) is 0 Å². The van der Waals surface area contributed by atoms with Crippen molar-refractivity contribution in [3.63, 3.8) is 0 Å². The molecule has 0 aromatic carbocycles. The Morgan fingerprint density at radius 3 is 2.90 bits per heavy atom. The predicted octanol–water partition coefficient (Wildman–Crippen LogP) is 1.61. The van der Waals surface area contributed by atoms with E-state index in [1.165, 1.54) is 0 Å². The number of methoxy groups -OCH3 is 1. The first kappa shape index (κ1) is 15.3. The number of nitrogen functional groups attached to an aromatic ring is 1. The molecule has 1 aliphatic rings. The fraction of sp³-hybridized carbons (Fsp3) is 0.615. The third-order valence-electron chi connectivity index (χ3n) is 3.55. The number of halogens is 2. The molecular formula is C13H20ClFN4O. The summed E-state index contributed by atoms with van der Waals surface area (Å²) in [5, 5.41) is -0.111. The van der Waals surface area contributed by atoms with Crippen LogP contribution >= 0.6 is 11.6 Å². The Bertz CT molecular complexity index is 451. The van der Waals surface area contributed by atoms with Crippen molar-refractivity contribution in [2.24, 2.45) is 0 Å². The van der Waals surface area contributed by atoms with E-state index in [-0.39, 0.29) is 16.8 Å². The number of hydrogen-bond acceptors (Lipinski definition) is 5. The van der Waals surface area contributed by atoms with Gasteiger partial charge in [0, 0.05) is 45.4 Å². The Morgan fingerprint density at radius 1 is 1.55 bits per heavy atom. The number of ether oxygens (including phenoxy) is 1. The Balaban J connectivity index is 2.07. The van der Waals surface area contributed by atoms with Crippen LogP contribution in [0, 0.1) is 5.95 Å². The molecule has 1 saturated heterocycles. The zero-order chi connectivity index (χ0) is 14.7. The molecular weight excluding hydrogens is 283 g/mol. The van der Waals surface area contributed by atoms with E-state index < -0.39 is 5.95 Å². The van der Waals surface area contributed by atoms with Crippen LogP contribution in [0.5, 0.6) is 0 Å². The summed E-state index contributed by atoms with van der Waals surface area (Å²) in [5.74, 6) is -0.168. The summed E-state index contributed by atoms with van der Waals surface area (Å²) in [5.41, 5.74) is 5.93. The molecule has 1 unspecified atom stereocenters. The maximum Gasteiger partial charge on any atom is 0.235 e. The monoisotopic (exact) mass is 302 g/mol. The molecule has 0 bridgehead atoms. The summed E-state index contributed by atoms with van der Waals surface area (Å²) < 4.78 is 18.7. The number of anilines is 2. The van der Waals surface area contributed by atoms with Crippen LogP contribution in [0.25, 0.3) is 0 Å². The second kappa shape index (κ2) is 6.56. The summed E-state index contributed by atoms with van der Waals surface area (Å²) in [4.78, 5) is 8.27. The number of piperazine rings is 1. The third kappa shape index (κ3) is 3.31. The Morgan fingerprint density at radius 2 is 2.30 bits per heavy atom. The van der Waals surface area contributed by atoms with E-state index in [1.54, 1.807) is 13.2 Å². The number of rotatable bonds is 4. The molecule has 1 aromatic rings. The molecule has 1 aromatic heterocycles. The van der Waals surface area contributed by atoms with Crippen molar-refractivity contribution >= 4 is 23.1 Å². The van der Waals surface area contributed by atoms with Crippen LogP contribution in [0.1, 0.15) is 6.92 Å². The van der Waals surface area contributed by atoms with E-state index in [4.69, 9.17) is 22.1 Å². The maximum absolute atomic E-state index is 13.6. The van der Waals surface area contributed by atoms with Gasteiger partial charge in [0.25, 0.3) is 0 Å². The summed E-state index contributed by atoms with van der Waals surface area (Å²) in [6.45, 7) is 6.25. The smallest absolute Gasteiger partial charge is 0.235 e. The number of nitrogens with two attached hydrogens (primary N) is 1. The van der Waals surface area contributed by atoms with Crippen LogP contribution in [-0.2, 0) is 4.74 Å². The maximum atomic E-state index is 13.6. The van der Waals surface area contributed by atoms with E-state index >= 15 is 0 Å². The quantitative estimate of drug-likeness (QED) is 0.857. The molecule has 2 heterocycles. The SMILES string of the molecule is COCCN1CCN(c2cc(N)c(Cl)c(F)n2)C(C)C1. The Kier molecular flexibility index (Phi) is 5.01. The lowest BCUT2D eigenvalue weighted by atomic mass is 10.2. The van der Waals surface area contributed by atoms with Crippen LogP contribution in [0.15, 0.2) is 6.07 Å². The standard InChI is InChI=1S/C13H20ClFN4O/c1-9-8-18(5-6-20-2)3-4-19(9)11-7-10(16)12(14)13(15)17-11/h7,9H,3-6,8H2,1-2H3,(H2,16,17). The molecule has 1 fully saturated rings. The van der Waals surface area contributed by atoms with E-state index in [0.717, 1.165) is 26.2 Å². The highest BCUT2D eigenvalue weighted by Crippen LogP contribution is 2.27. The number of pyridine rings is 1. The van der Waals surface area contributed by atoms with Crippen LogP contribution in [0.4, 0.5) is 15.9 Å². The Hall–Kier alpha value is -1.11. The summed E-state index contributed by atoms with van der Waals surface area (Å²) >= 11 is 5.70. The average Bonchev–Trinajstić information content (AvgIpc) is 2.42. The van der Waals surface area contributed by atoms with E-state index in [9.17, 15) is 4.39 Å². The van der Waals surface area contributed by atoms with Gasteiger partial charge in [-0.3, -0.25) is 4.90 Å². The van der Waals surface area contributed by atoms with Gasteiger partial charge in [-0.15, -0.1) is 0 Å². The van der Waals surface area contributed by atoms with Crippen LogP contribution < -0.4 is 10.6 Å². The van der Waals surface area contributed by atoms with Crippen molar-refractivity contribution in [2.75, 3.05) is 50.5 Å². The topological polar surface area (TPSA) is 54.6 Å². The fourth-order valence-corrected chi connectivity index (χ4v) is 2.54. The van der Waals surface area contributed by atoms with E-state index in [2.05, 4.69) is 21.7 Å². The van der Waals surface area contributed by atoms with Crippen molar-refractivity contribution in [2.45, 2.75) is 13.0 Å². The van der Waals surface area contributed by atoms with Gasteiger partial charge in [0.15, 0.2) is 0 Å². The lowest BCUT2D eigenvalue weighted by Crippen LogP contribution is -2.53. The minimum Gasteiger partial charge on any atom is -0.397 e. The van der Waals surface area contributed by atoms with Crippen molar-refractivity contribution in [1.82, 2.24) is 9.88 Å². The molecule has 2 rings (SSSR count). The number of aromatic nitrogens is 1. The number of nitrogens with zero attached hydrogens (tertiary/aromatic N) is 3. The van der Waals surface area contributed by atoms with Gasteiger partial charge in [-0.05, 0) is 6.92 Å². The molecule has 0 spiro atoms. The molecule has 0 amide bonds. The van der Waals surface area contributed by atoms with Gasteiger partial charge in [0.05, 0.1) is 12.3 Å². The van der Waals surface area contributed by atoms with Gasteiger partial charge >= 0.3 is 0 Å². The van der Waals surface area contributed by atoms with Gasteiger partial charge in [0.1, 0.15) is 10.8 Å². The van der Waals surface area contributed by atoms with Crippen molar-refractivity contribution in [1.29, 1.82) is 0 Å². The van der Waals surface area contributed by atoms with Gasteiger partial charge in [-0.25, -0.2) is 4.98 Å². The highest BCUT2D eigenvalue weighted by atomic mass is 35.5. The highest BCUT2D eigenvalue weighted by molar-refractivity contribution is 6.33. The molecule has 0 radical (unpaired) electrons. The van der Waals surface area contributed by atoms with Gasteiger partial charge in [-0.1, -0.05) is 11.6 Å². The summed E-state index contributed by atoms with van der Waals surface area (Å²) in [7, 11) is 1.70. The fourth-order valence-electron chi connectivity index (χ4n) is 2.45. The predicted molar refractivity (Wildman–Crippen MR) is 78.7 cm³/mol. The molecule has 112 valence electrons. The molecule has 0 aliphatic carbocycles. The Labute approximate surface area is 123 Å². The molecule has 1 atom stereocenters. The normalized spacial score (nSPS) is 20.4. The lowest BCUT2D eigenvalue weighted by molar-refractivity contribution is 0.135. The van der Waals surface area contributed by atoms with Crippen molar-refractivity contribution < 1.29 is 9.13 Å². The molecule has 5 nitrogen and oxygen atoms in total. The largest absolute Gasteiger partial charge is 0.397 e. The summed E-state index contributed by atoms with van der Waals surface area (Å²) in [6.07, 6.45) is 0. The van der Waals surface area contributed by atoms with Gasteiger partial charge in [0.2, 0.25) is 5.95 Å². The second-order valence-corrected chi connectivity index (χ2v) is 5.39. The van der Waals surface area contributed by atoms with E-state index in [0.29, 0.717) is 12.4 Å². The molecule has 0 saturated carbocycles. The lowest BCUT2D eigenvalue weighted by Gasteiger charge is -2.40. The van der Waals surface area contributed by atoms with Gasteiger partial charge in [-0.2, -0.15) is 4.39 Å². The first-order valence-corrected chi connectivity index (χ1v) is 7.00. The van der Waals surface area contributed by atoms with E-state index in [1.807, 2.05) is 0 Å². The molecule has 20 heavy (non-hydrogen) atoms. The van der Waals surface area contributed by atoms with Crippen LogP contribution in [-0.4, -0.2) is 55.8 Å². The first-order chi connectivity index (χ1) is 9.52. The molecule has 1 aliphatic heterocycles. The molecule has 2 N–H and O–H groups in total. The second-order valence-electron chi connectivity index (χ2n) is 5.01. The third-order valence-corrected chi connectivity index (χ3v) is 3.92. The van der Waals surface area contributed by atoms with Crippen molar-refractivity contribution in [3.05, 3.63) is 17.0 Å². The average molecular weight is 303 g/mol. The zero-order valence-corrected chi connectivity index (χ0v) is 12.5. The first-order valence-electron chi connectivity index (χ1n) is 6.62. The number of hydrogen-bond donors (Lipinski definition) is 1. The van der Waals surface area contributed by atoms with Crippen LogP contribution in [0.3, 0.4) is 0 Å². The minimum absolute atomic E-state index is 0.111. The molecule has 7 heteroatoms. The highest BCUT2D eigenvalue weighted by Gasteiger charge is 2.25. The van der Waals surface area contributed by atoms with Crippen LogP contribution in [0.2, 0.25) is 5.02 Å². The minimum atomic E-state index is -0.712. The summed E-state index contributed by atoms with van der Waals surface area (Å²) in [6, 6.07) is 1.86. The zero-order valence-electron chi connectivity index (χ0n) is 11.8.